The number of hydrogen-bond donors (Lipinski definition) is 1. The molecular weight excluding hydrogens is 422 g/mol. The number of nitrogens with zero attached hydrogens (tertiary/aromatic N) is 1. The van der Waals surface area contributed by atoms with Gasteiger partial charge in [0.2, 0.25) is 0 Å². The van der Waals surface area contributed by atoms with E-state index >= 15 is 0 Å². The number of aliphatic hydroxyl groups is 1. The van der Waals surface area contributed by atoms with Gasteiger partial charge < -0.3 is 14.7 Å². The van der Waals surface area contributed by atoms with Crippen molar-refractivity contribution in [2.75, 3.05) is 31.0 Å². The van der Waals surface area contributed by atoms with Crippen molar-refractivity contribution in [1.82, 2.24) is 0 Å². The van der Waals surface area contributed by atoms with Crippen molar-refractivity contribution in [2.24, 2.45) is 17.0 Å². The summed E-state index contributed by atoms with van der Waals surface area (Å²) in [6.07, 6.45) is 3.71. The molecule has 0 aromatic rings. The van der Waals surface area contributed by atoms with Crippen molar-refractivity contribution < 1.29 is 24.3 Å². The number of methoxy groups -OCH3 is 1. The lowest BCUT2D eigenvalue weighted by molar-refractivity contribution is -0.147. The van der Waals surface area contributed by atoms with Gasteiger partial charge in [0.15, 0.2) is 5.78 Å². The normalized spacial score (nSPS) is 20.8. The van der Waals surface area contributed by atoms with Gasteiger partial charge in [-0.1, -0.05) is 45.0 Å². The van der Waals surface area contributed by atoms with Crippen LogP contribution in [0.1, 0.15) is 46.5 Å². The zero-order valence-electron chi connectivity index (χ0n) is 18.5. The number of Topliss-reactive ketones (excluding diaryl/α,β-unsaturated/α-hetero) is 1. The van der Waals surface area contributed by atoms with Gasteiger partial charge in [-0.3, -0.25) is 9.59 Å². The van der Waals surface area contributed by atoms with Gasteiger partial charge >= 0.3 is 5.97 Å². The van der Waals surface area contributed by atoms with Crippen molar-refractivity contribution in [3.05, 3.63) is 24.0 Å². The number of esters is 1. The van der Waals surface area contributed by atoms with Gasteiger partial charge in [0.1, 0.15) is 18.3 Å². The molecule has 3 unspecified atom stereocenters. The Bertz CT molecular complexity index is 647. The lowest BCUT2D eigenvalue weighted by Crippen LogP contribution is -2.41. The van der Waals surface area contributed by atoms with Gasteiger partial charge in [-0.15, -0.1) is 0 Å². The second kappa shape index (κ2) is 14.6. The van der Waals surface area contributed by atoms with Crippen molar-refractivity contribution in [3.8, 4) is 0 Å². The first-order valence-electron chi connectivity index (χ1n) is 10.5. The van der Waals surface area contributed by atoms with Gasteiger partial charge in [0, 0.05) is 23.2 Å². The fourth-order valence-corrected chi connectivity index (χ4v) is 5.76. The quantitative estimate of drug-likeness (QED) is 0.132. The monoisotopic (exact) mass is 457 g/mol. The molecule has 0 fully saturated rings. The number of allylic oxidation sites excluding steroid dienone is 1. The third-order valence-electron chi connectivity index (χ3n) is 4.92. The predicted octanol–water partition coefficient (Wildman–Crippen LogP) is 4.80. The summed E-state index contributed by atoms with van der Waals surface area (Å²) >= 11 is 3.62. The fourth-order valence-electron chi connectivity index (χ4n) is 3.57. The molecule has 1 aliphatic carbocycles. The average molecular weight is 458 g/mol. The number of ketones is 1. The van der Waals surface area contributed by atoms with Crippen LogP contribution in [0.3, 0.4) is 0 Å². The molecule has 0 aromatic carbocycles. The van der Waals surface area contributed by atoms with E-state index in [4.69, 9.17) is 9.57 Å². The third-order valence-corrected chi connectivity index (χ3v) is 7.63. The van der Waals surface area contributed by atoms with Crippen LogP contribution in [0.5, 0.6) is 0 Å². The highest BCUT2D eigenvalue weighted by molar-refractivity contribution is 8.03. The predicted molar refractivity (Wildman–Crippen MR) is 126 cm³/mol. The molecule has 6 nitrogen and oxygen atoms in total. The smallest absolute Gasteiger partial charge is 0.316 e. The molecule has 3 atom stereocenters. The molecule has 1 N–H and O–H groups in total. The van der Waals surface area contributed by atoms with Gasteiger partial charge in [-0.2, -0.15) is 23.5 Å². The Morgan fingerprint density at radius 3 is 2.67 bits per heavy atom. The van der Waals surface area contributed by atoms with E-state index in [1.165, 1.54) is 7.11 Å². The Kier molecular flexibility index (Phi) is 12.9. The molecule has 0 saturated carbocycles. The van der Waals surface area contributed by atoms with E-state index in [0.29, 0.717) is 12.1 Å². The molecule has 30 heavy (non-hydrogen) atoms. The molecular formula is C22H35NO5S2. The van der Waals surface area contributed by atoms with Crippen molar-refractivity contribution in [2.45, 2.75) is 51.7 Å². The molecule has 8 heteroatoms. The molecule has 1 rings (SSSR count). The fraction of sp³-hybridized carbons (Fsp3) is 0.682. The summed E-state index contributed by atoms with van der Waals surface area (Å²) in [5.41, 5.74) is 0.475. The lowest BCUT2D eigenvalue weighted by Gasteiger charge is -2.35. The number of hydrogen-bond acceptors (Lipinski definition) is 8. The Balaban J connectivity index is 3.28. The number of ether oxygens (including phenoxy) is 1. The minimum Gasteiger partial charge on any atom is -0.511 e. The van der Waals surface area contributed by atoms with Crippen LogP contribution in [0.25, 0.3) is 0 Å². The third kappa shape index (κ3) is 7.38. The summed E-state index contributed by atoms with van der Waals surface area (Å²) in [6, 6.07) is 0. The summed E-state index contributed by atoms with van der Waals surface area (Å²) in [4.78, 5) is 30.9. The van der Waals surface area contributed by atoms with Crippen LogP contribution in [0, 0.1) is 11.8 Å². The van der Waals surface area contributed by atoms with E-state index in [0.717, 1.165) is 30.1 Å². The maximum absolute atomic E-state index is 13.1. The minimum atomic E-state index is -0.875. The maximum atomic E-state index is 13.1. The molecule has 0 amide bonds. The highest BCUT2D eigenvalue weighted by atomic mass is 32.2. The van der Waals surface area contributed by atoms with Gasteiger partial charge in [-0.05, 0) is 24.5 Å². The van der Waals surface area contributed by atoms with Crippen LogP contribution in [0.4, 0.5) is 0 Å². The molecule has 0 spiro atoms. The number of carbonyl (C=O) groups is 2. The number of oxime groups is 1. The largest absolute Gasteiger partial charge is 0.511 e. The summed E-state index contributed by atoms with van der Waals surface area (Å²) < 4.78 is 5.01. The molecule has 0 aromatic heterocycles. The van der Waals surface area contributed by atoms with Crippen LogP contribution in [-0.4, -0.2) is 58.8 Å². The summed E-state index contributed by atoms with van der Waals surface area (Å²) in [7, 11) is 1.31. The van der Waals surface area contributed by atoms with Crippen molar-refractivity contribution in [1.29, 1.82) is 0 Å². The highest BCUT2D eigenvalue weighted by Gasteiger charge is 2.45. The molecule has 170 valence electrons. The van der Waals surface area contributed by atoms with Crippen molar-refractivity contribution in [3.63, 3.8) is 0 Å². The Morgan fingerprint density at radius 1 is 1.37 bits per heavy atom. The van der Waals surface area contributed by atoms with Crippen LogP contribution in [-0.2, 0) is 19.2 Å². The van der Waals surface area contributed by atoms with Crippen LogP contribution >= 0.6 is 23.5 Å². The first-order valence-corrected chi connectivity index (χ1v) is 12.7. The average Bonchev–Trinajstić information content (AvgIpc) is 2.73. The SMILES string of the molecule is C=CCON=C(CCC)C1=C(O)C(C(=O)OC)C(C(CC)SCCSCC)CC1=O. The second-order valence-corrected chi connectivity index (χ2v) is 9.68. The molecule has 0 heterocycles. The van der Waals surface area contributed by atoms with E-state index in [9.17, 15) is 14.7 Å². The van der Waals surface area contributed by atoms with E-state index in [1.807, 2.05) is 25.6 Å². The molecule has 0 radical (unpaired) electrons. The molecule has 1 aliphatic rings. The number of rotatable bonds is 14. The topological polar surface area (TPSA) is 85.2 Å². The van der Waals surface area contributed by atoms with E-state index in [2.05, 4.69) is 18.7 Å². The summed E-state index contributed by atoms with van der Waals surface area (Å²) in [5, 5.41) is 15.2. The minimum absolute atomic E-state index is 0.0720. The van der Waals surface area contributed by atoms with Crippen LogP contribution in [0.2, 0.25) is 0 Å². The summed E-state index contributed by atoms with van der Waals surface area (Å²) in [5.74, 6) is 0.867. The number of aliphatic hydroxyl groups excluding tert-OH is 1. The summed E-state index contributed by atoms with van der Waals surface area (Å²) in [6.45, 7) is 9.90. The lowest BCUT2D eigenvalue weighted by atomic mass is 9.74. The Labute approximate surface area is 188 Å². The van der Waals surface area contributed by atoms with E-state index in [-0.39, 0.29) is 41.3 Å². The Hall–Kier alpha value is -1.41. The van der Waals surface area contributed by atoms with E-state index < -0.39 is 11.9 Å². The Morgan fingerprint density at radius 2 is 2.10 bits per heavy atom. The first kappa shape index (κ1) is 26.6. The van der Waals surface area contributed by atoms with Gasteiger partial charge in [-0.25, -0.2) is 0 Å². The highest BCUT2D eigenvalue weighted by Crippen LogP contribution is 2.41. The zero-order chi connectivity index (χ0) is 22.5. The van der Waals surface area contributed by atoms with E-state index in [1.54, 1.807) is 17.8 Å². The number of thioether (sulfide) groups is 2. The number of carbonyl (C=O) groups excluding carboxylic acids is 2. The molecule has 0 bridgehead atoms. The van der Waals surface area contributed by atoms with Crippen LogP contribution in [0.15, 0.2) is 29.1 Å². The van der Waals surface area contributed by atoms with Gasteiger partial charge in [0.05, 0.1) is 18.4 Å². The maximum Gasteiger partial charge on any atom is 0.316 e. The second-order valence-electron chi connectivity index (χ2n) is 6.94. The van der Waals surface area contributed by atoms with Crippen LogP contribution < -0.4 is 0 Å². The van der Waals surface area contributed by atoms with Gasteiger partial charge in [0.25, 0.3) is 0 Å². The molecule has 0 saturated heterocycles. The molecule has 0 aliphatic heterocycles. The zero-order valence-corrected chi connectivity index (χ0v) is 20.2. The standard InChI is InChI=1S/C22H35NO5S2/c1-6-10-16(23-28-11-7-2)20-17(24)14-15(19(21(20)25)22(26)27-5)18(8-3)30-13-12-29-9-4/h7,15,18-19,25H,2,6,8-14H2,1,3-5H3. The van der Waals surface area contributed by atoms with Crippen molar-refractivity contribution >= 4 is 41.0 Å². The first-order chi connectivity index (χ1) is 14.5.